The highest BCUT2D eigenvalue weighted by Gasteiger charge is 2.19. The number of carbonyl (C=O) groups excluding carboxylic acids is 1. The third-order valence-electron chi connectivity index (χ3n) is 3.93. The smallest absolute Gasteiger partial charge is 0.260 e. The molecular formula is C18H20ClN5O. The second kappa shape index (κ2) is 7.53. The first kappa shape index (κ1) is 17.2. The van der Waals surface area contributed by atoms with Gasteiger partial charge in [-0.1, -0.05) is 24.9 Å². The minimum absolute atomic E-state index is 0.182. The molecule has 0 saturated carbocycles. The van der Waals surface area contributed by atoms with Crippen molar-refractivity contribution in [3.8, 4) is 5.69 Å². The van der Waals surface area contributed by atoms with E-state index in [2.05, 4.69) is 22.4 Å². The molecule has 130 valence electrons. The molecule has 3 rings (SSSR count). The summed E-state index contributed by atoms with van der Waals surface area (Å²) in [5, 5.41) is 12.2. The molecule has 0 bridgehead atoms. The van der Waals surface area contributed by atoms with E-state index in [1.54, 1.807) is 27.8 Å². The predicted molar refractivity (Wildman–Crippen MR) is 98.4 cm³/mol. The number of anilines is 1. The van der Waals surface area contributed by atoms with Gasteiger partial charge in [0.15, 0.2) is 0 Å². The lowest BCUT2D eigenvalue weighted by Gasteiger charge is -2.10. The Bertz CT molecular complexity index is 866. The van der Waals surface area contributed by atoms with Gasteiger partial charge in [0.2, 0.25) is 0 Å². The van der Waals surface area contributed by atoms with Gasteiger partial charge in [0, 0.05) is 17.6 Å². The van der Waals surface area contributed by atoms with Crippen LogP contribution in [0.1, 0.15) is 36.3 Å². The van der Waals surface area contributed by atoms with Crippen LogP contribution < -0.4 is 5.32 Å². The van der Waals surface area contributed by atoms with E-state index in [1.165, 1.54) is 0 Å². The molecule has 2 aromatic heterocycles. The lowest BCUT2D eigenvalue weighted by Crippen LogP contribution is -2.17. The fourth-order valence-electron chi connectivity index (χ4n) is 2.72. The number of aryl methyl sites for hydroxylation is 1. The van der Waals surface area contributed by atoms with Gasteiger partial charge < -0.3 is 5.32 Å². The molecular weight excluding hydrogens is 338 g/mol. The minimum atomic E-state index is -0.182. The summed E-state index contributed by atoms with van der Waals surface area (Å²) in [6.45, 7) is 4.74. The first-order valence-electron chi connectivity index (χ1n) is 8.30. The summed E-state index contributed by atoms with van der Waals surface area (Å²) >= 11 is 5.96. The highest BCUT2D eigenvalue weighted by molar-refractivity contribution is 6.30. The Hall–Kier alpha value is -2.60. The van der Waals surface area contributed by atoms with Gasteiger partial charge in [0.25, 0.3) is 5.91 Å². The number of benzene rings is 1. The van der Waals surface area contributed by atoms with E-state index >= 15 is 0 Å². The normalized spacial score (nSPS) is 10.8. The lowest BCUT2D eigenvalue weighted by atomic mass is 10.1. The summed E-state index contributed by atoms with van der Waals surface area (Å²) in [6, 6.07) is 9.19. The first-order valence-corrected chi connectivity index (χ1v) is 8.67. The van der Waals surface area contributed by atoms with E-state index in [-0.39, 0.29) is 5.91 Å². The van der Waals surface area contributed by atoms with Crippen LogP contribution >= 0.6 is 11.6 Å². The number of hydrogen-bond donors (Lipinski definition) is 1. The van der Waals surface area contributed by atoms with Crippen molar-refractivity contribution in [3.05, 3.63) is 59.0 Å². The van der Waals surface area contributed by atoms with E-state index < -0.39 is 0 Å². The monoisotopic (exact) mass is 357 g/mol. The summed E-state index contributed by atoms with van der Waals surface area (Å²) in [5.41, 5.74) is 2.33. The molecule has 7 heteroatoms. The van der Waals surface area contributed by atoms with Crippen molar-refractivity contribution in [3.63, 3.8) is 0 Å². The van der Waals surface area contributed by atoms with Gasteiger partial charge in [-0.3, -0.25) is 4.79 Å². The fraction of sp³-hybridized carbons (Fsp3) is 0.278. The molecule has 6 nitrogen and oxygen atoms in total. The number of amides is 1. The van der Waals surface area contributed by atoms with Crippen LogP contribution in [-0.4, -0.2) is 25.5 Å². The van der Waals surface area contributed by atoms with E-state index in [4.69, 9.17) is 11.6 Å². The zero-order valence-electron chi connectivity index (χ0n) is 14.2. The molecule has 1 amide bonds. The van der Waals surface area contributed by atoms with Crippen LogP contribution in [0.4, 0.5) is 5.82 Å². The molecule has 1 aromatic carbocycles. The van der Waals surface area contributed by atoms with Gasteiger partial charge in [0.05, 0.1) is 29.3 Å². The number of aromatic nitrogens is 4. The van der Waals surface area contributed by atoms with E-state index in [0.717, 1.165) is 24.2 Å². The van der Waals surface area contributed by atoms with Gasteiger partial charge in [-0.05, 0) is 37.6 Å². The Balaban J connectivity index is 1.93. The molecule has 0 radical (unpaired) electrons. The van der Waals surface area contributed by atoms with E-state index in [1.807, 2.05) is 31.2 Å². The summed E-state index contributed by atoms with van der Waals surface area (Å²) in [6.07, 6.45) is 4.94. The molecule has 0 atom stereocenters. The third kappa shape index (κ3) is 3.58. The third-order valence-corrected chi connectivity index (χ3v) is 4.18. The Kier molecular flexibility index (Phi) is 5.19. The number of nitrogens with zero attached hydrogens (tertiary/aromatic N) is 4. The van der Waals surface area contributed by atoms with Crippen molar-refractivity contribution < 1.29 is 4.79 Å². The van der Waals surface area contributed by atoms with E-state index in [9.17, 15) is 4.79 Å². The number of nitrogens with one attached hydrogen (secondary N) is 1. The Morgan fingerprint density at radius 2 is 1.92 bits per heavy atom. The van der Waals surface area contributed by atoms with Crippen LogP contribution in [-0.2, 0) is 13.0 Å². The molecule has 25 heavy (non-hydrogen) atoms. The van der Waals surface area contributed by atoms with Crippen LogP contribution in [0.3, 0.4) is 0 Å². The SMILES string of the molecule is CCCc1c(C(=O)Nc2ccnn2CC)cnn1-c1ccc(Cl)cc1. The van der Waals surface area contributed by atoms with Crippen LogP contribution in [0, 0.1) is 0 Å². The Morgan fingerprint density at radius 1 is 1.16 bits per heavy atom. The van der Waals surface area contributed by atoms with Gasteiger partial charge in [-0.25, -0.2) is 9.36 Å². The molecule has 1 N–H and O–H groups in total. The molecule has 0 spiro atoms. The summed E-state index contributed by atoms with van der Waals surface area (Å²) in [4.78, 5) is 12.7. The molecule has 0 unspecified atom stereocenters. The van der Waals surface area contributed by atoms with Crippen molar-refractivity contribution in [1.29, 1.82) is 0 Å². The zero-order valence-corrected chi connectivity index (χ0v) is 15.0. The molecule has 0 aliphatic carbocycles. The zero-order chi connectivity index (χ0) is 17.8. The molecule has 3 aromatic rings. The summed E-state index contributed by atoms with van der Waals surface area (Å²) in [7, 11) is 0. The van der Waals surface area contributed by atoms with Crippen molar-refractivity contribution in [1.82, 2.24) is 19.6 Å². The van der Waals surface area contributed by atoms with Crippen molar-refractivity contribution in [2.75, 3.05) is 5.32 Å². The molecule has 0 fully saturated rings. The highest BCUT2D eigenvalue weighted by Crippen LogP contribution is 2.20. The van der Waals surface area contributed by atoms with Crippen LogP contribution in [0.2, 0.25) is 5.02 Å². The van der Waals surface area contributed by atoms with Crippen LogP contribution in [0.15, 0.2) is 42.7 Å². The Labute approximate surface area is 151 Å². The molecule has 0 aliphatic heterocycles. The predicted octanol–water partition coefficient (Wildman–Crippen LogP) is 3.95. The topological polar surface area (TPSA) is 64.7 Å². The number of carbonyl (C=O) groups is 1. The van der Waals surface area contributed by atoms with Crippen molar-refractivity contribution in [2.24, 2.45) is 0 Å². The van der Waals surface area contributed by atoms with Gasteiger partial charge >= 0.3 is 0 Å². The average molecular weight is 358 g/mol. The minimum Gasteiger partial charge on any atom is -0.307 e. The van der Waals surface area contributed by atoms with Crippen LogP contribution in [0.5, 0.6) is 0 Å². The van der Waals surface area contributed by atoms with Crippen LogP contribution in [0.25, 0.3) is 5.69 Å². The maximum Gasteiger partial charge on any atom is 0.260 e. The largest absolute Gasteiger partial charge is 0.307 e. The molecule has 0 aliphatic rings. The standard InChI is InChI=1S/C18H20ClN5O/c1-3-5-16-15(18(25)22-17-10-11-20-23(17)4-2)12-21-24(16)14-8-6-13(19)7-9-14/h6-12H,3-5H2,1-2H3,(H,22,25). The number of rotatable bonds is 6. The van der Waals surface area contributed by atoms with Gasteiger partial charge in [0.1, 0.15) is 5.82 Å². The second-order valence-corrected chi connectivity index (χ2v) is 6.07. The summed E-state index contributed by atoms with van der Waals surface area (Å²) in [5.74, 6) is 0.494. The fourth-order valence-corrected chi connectivity index (χ4v) is 2.85. The number of halogens is 1. The highest BCUT2D eigenvalue weighted by atomic mass is 35.5. The quantitative estimate of drug-likeness (QED) is 0.726. The van der Waals surface area contributed by atoms with Gasteiger partial charge in [-0.15, -0.1) is 0 Å². The van der Waals surface area contributed by atoms with Gasteiger partial charge in [-0.2, -0.15) is 10.2 Å². The molecule has 0 saturated heterocycles. The molecule has 2 heterocycles. The van der Waals surface area contributed by atoms with E-state index in [0.29, 0.717) is 22.9 Å². The summed E-state index contributed by atoms with van der Waals surface area (Å²) < 4.78 is 3.53. The second-order valence-electron chi connectivity index (χ2n) is 5.63. The van der Waals surface area contributed by atoms with Crippen molar-refractivity contribution >= 4 is 23.3 Å². The maximum atomic E-state index is 12.7. The van der Waals surface area contributed by atoms with Crippen molar-refractivity contribution in [2.45, 2.75) is 33.2 Å². The Morgan fingerprint density at radius 3 is 2.60 bits per heavy atom. The first-order chi connectivity index (χ1) is 12.1. The number of hydrogen-bond acceptors (Lipinski definition) is 3. The average Bonchev–Trinajstić information content (AvgIpc) is 3.22. The lowest BCUT2D eigenvalue weighted by molar-refractivity contribution is 0.102. The maximum absolute atomic E-state index is 12.7.